The number of sulfone groups is 1. The van der Waals surface area contributed by atoms with Gasteiger partial charge in [0.05, 0.1) is 21.8 Å². The van der Waals surface area contributed by atoms with Crippen LogP contribution < -0.4 is 0 Å². The van der Waals surface area contributed by atoms with Gasteiger partial charge in [-0.05, 0) is 23.8 Å². The molecule has 1 N–H and O–H groups in total. The number of benzene rings is 3. The first-order valence-electron chi connectivity index (χ1n) is 10.9. The summed E-state index contributed by atoms with van der Waals surface area (Å²) in [6, 6.07) is 13.6. The molecule has 1 aromatic heterocycles. The van der Waals surface area contributed by atoms with Crippen LogP contribution in [0.3, 0.4) is 0 Å². The molecule has 15 heteroatoms. The molecule has 4 rings (SSSR count). The molecule has 4 aromatic rings. The quantitative estimate of drug-likeness (QED) is 0.215. The molecule has 0 saturated heterocycles. The second kappa shape index (κ2) is 9.98. The maximum Gasteiger partial charge on any atom is 0.451 e. The molecule has 1 heterocycles. The SMILES string of the molecule is CS(=O)(=O)c1ccc(-c2nc(C(F)(F)F)nc(-c3cccc(S(=O)(=O)O)c3C(F)(F)F)c2-c2ccccc2)cc1. The Labute approximate surface area is 223 Å². The van der Waals surface area contributed by atoms with Gasteiger partial charge in [-0.15, -0.1) is 0 Å². The first kappa shape index (κ1) is 29.2. The Morgan fingerprint density at radius 1 is 0.675 bits per heavy atom. The van der Waals surface area contributed by atoms with E-state index in [9.17, 15) is 47.7 Å². The van der Waals surface area contributed by atoms with E-state index in [1.807, 2.05) is 0 Å². The predicted octanol–water partition coefficient (Wildman–Crippen LogP) is 6.17. The van der Waals surface area contributed by atoms with Crippen molar-refractivity contribution in [3.63, 3.8) is 0 Å². The van der Waals surface area contributed by atoms with Gasteiger partial charge in [0.1, 0.15) is 4.90 Å². The van der Waals surface area contributed by atoms with Crippen LogP contribution in [0.15, 0.2) is 82.6 Å². The van der Waals surface area contributed by atoms with E-state index < -0.39 is 65.5 Å². The second-order valence-corrected chi connectivity index (χ2v) is 11.8. The number of halogens is 6. The molecule has 0 aliphatic rings. The average Bonchev–Trinajstić information content (AvgIpc) is 2.86. The molecule has 0 aliphatic carbocycles. The van der Waals surface area contributed by atoms with Crippen molar-refractivity contribution < 1.29 is 47.7 Å². The van der Waals surface area contributed by atoms with E-state index in [0.717, 1.165) is 42.7 Å². The summed E-state index contributed by atoms with van der Waals surface area (Å²) in [4.78, 5) is 5.26. The van der Waals surface area contributed by atoms with E-state index in [1.54, 1.807) is 0 Å². The standard InChI is InChI=1S/C25H16F6N2O5S2/c1-39(34,35)16-12-10-15(11-13-16)21-19(14-6-3-2-4-7-14)22(33-23(32-21)25(29,30)31)17-8-5-9-18(40(36,37)38)20(17)24(26,27)28/h2-13H,1H3,(H,36,37,38). The monoisotopic (exact) mass is 602 g/mol. The van der Waals surface area contributed by atoms with Crippen LogP contribution in [-0.4, -0.2) is 37.6 Å². The van der Waals surface area contributed by atoms with Crippen LogP contribution in [0.4, 0.5) is 26.3 Å². The highest BCUT2D eigenvalue weighted by atomic mass is 32.2. The smallest absolute Gasteiger partial charge is 0.282 e. The van der Waals surface area contributed by atoms with Crippen LogP contribution in [0.5, 0.6) is 0 Å². The molecule has 3 aromatic carbocycles. The largest absolute Gasteiger partial charge is 0.451 e. The van der Waals surface area contributed by atoms with Crippen molar-refractivity contribution in [2.45, 2.75) is 22.1 Å². The highest BCUT2D eigenvalue weighted by Crippen LogP contribution is 2.46. The molecule has 0 saturated carbocycles. The Morgan fingerprint density at radius 2 is 1.25 bits per heavy atom. The normalized spacial score (nSPS) is 12.9. The molecule has 40 heavy (non-hydrogen) atoms. The summed E-state index contributed by atoms with van der Waals surface area (Å²) in [6.07, 6.45) is -9.82. The lowest BCUT2D eigenvalue weighted by atomic mass is 9.92. The number of alkyl halides is 6. The summed E-state index contributed by atoms with van der Waals surface area (Å²) in [5, 5.41) is 0. The van der Waals surface area contributed by atoms with E-state index in [-0.39, 0.29) is 21.6 Å². The molecule has 0 amide bonds. The Bertz CT molecular complexity index is 1810. The molecule has 0 fully saturated rings. The average molecular weight is 603 g/mol. The summed E-state index contributed by atoms with van der Waals surface area (Å²) >= 11 is 0. The molecule has 0 radical (unpaired) electrons. The lowest BCUT2D eigenvalue weighted by molar-refractivity contribution is -0.144. The number of nitrogens with zero attached hydrogens (tertiary/aromatic N) is 2. The number of rotatable bonds is 5. The Balaban J connectivity index is 2.23. The van der Waals surface area contributed by atoms with Crippen LogP contribution in [0.2, 0.25) is 0 Å². The van der Waals surface area contributed by atoms with E-state index in [1.165, 1.54) is 30.3 Å². The van der Waals surface area contributed by atoms with Gasteiger partial charge in [-0.2, -0.15) is 34.8 Å². The minimum Gasteiger partial charge on any atom is -0.282 e. The third-order valence-corrected chi connectivity index (χ3v) is 7.65. The van der Waals surface area contributed by atoms with Gasteiger partial charge in [0.2, 0.25) is 5.82 Å². The van der Waals surface area contributed by atoms with Crippen molar-refractivity contribution in [1.29, 1.82) is 0 Å². The molecular weight excluding hydrogens is 586 g/mol. The Hall–Kier alpha value is -3.82. The van der Waals surface area contributed by atoms with Crippen molar-refractivity contribution in [1.82, 2.24) is 9.97 Å². The van der Waals surface area contributed by atoms with Crippen molar-refractivity contribution in [3.05, 3.63) is 84.2 Å². The molecule has 0 unspecified atom stereocenters. The molecule has 0 spiro atoms. The van der Waals surface area contributed by atoms with Crippen LogP contribution in [-0.2, 0) is 32.3 Å². The van der Waals surface area contributed by atoms with Crippen molar-refractivity contribution >= 4 is 20.0 Å². The van der Waals surface area contributed by atoms with Crippen LogP contribution in [0, 0.1) is 0 Å². The third-order valence-electron chi connectivity index (χ3n) is 5.62. The van der Waals surface area contributed by atoms with Crippen LogP contribution in [0.1, 0.15) is 11.4 Å². The van der Waals surface area contributed by atoms with Crippen molar-refractivity contribution in [2.75, 3.05) is 6.26 Å². The fourth-order valence-electron chi connectivity index (χ4n) is 3.97. The van der Waals surface area contributed by atoms with Crippen LogP contribution >= 0.6 is 0 Å². The van der Waals surface area contributed by atoms with Gasteiger partial charge in [-0.1, -0.05) is 54.6 Å². The van der Waals surface area contributed by atoms with Gasteiger partial charge >= 0.3 is 12.4 Å². The van der Waals surface area contributed by atoms with Crippen LogP contribution in [0.25, 0.3) is 33.6 Å². The summed E-state index contributed by atoms with van der Waals surface area (Å²) in [7, 11) is -9.19. The van der Waals surface area contributed by atoms with E-state index >= 15 is 0 Å². The zero-order chi connectivity index (χ0) is 29.7. The van der Waals surface area contributed by atoms with Gasteiger partial charge in [-0.25, -0.2) is 18.4 Å². The second-order valence-electron chi connectivity index (χ2n) is 8.43. The summed E-state index contributed by atoms with van der Waals surface area (Å²) in [5.41, 5.74) is -4.79. The summed E-state index contributed by atoms with van der Waals surface area (Å²) < 4.78 is 142. The first-order chi connectivity index (χ1) is 18.4. The highest BCUT2D eigenvalue weighted by Gasteiger charge is 2.42. The zero-order valence-electron chi connectivity index (χ0n) is 20.0. The van der Waals surface area contributed by atoms with E-state index in [2.05, 4.69) is 9.97 Å². The van der Waals surface area contributed by atoms with Gasteiger partial charge in [0.15, 0.2) is 9.84 Å². The topological polar surface area (TPSA) is 114 Å². The Kier molecular flexibility index (Phi) is 7.28. The van der Waals surface area contributed by atoms with Crippen molar-refractivity contribution in [2.24, 2.45) is 0 Å². The molecule has 0 aliphatic heterocycles. The van der Waals surface area contributed by atoms with E-state index in [4.69, 9.17) is 0 Å². The summed E-state index contributed by atoms with van der Waals surface area (Å²) in [5.74, 6) is -1.84. The maximum absolute atomic E-state index is 14.3. The maximum atomic E-state index is 14.3. The molecule has 7 nitrogen and oxygen atoms in total. The van der Waals surface area contributed by atoms with Crippen molar-refractivity contribution in [3.8, 4) is 33.6 Å². The van der Waals surface area contributed by atoms with Gasteiger partial charge < -0.3 is 0 Å². The molecular formula is C25H16F6N2O5S2. The fraction of sp³-hybridized carbons (Fsp3) is 0.120. The predicted molar refractivity (Wildman–Crippen MR) is 131 cm³/mol. The number of aromatic nitrogens is 2. The molecule has 0 bridgehead atoms. The lowest BCUT2D eigenvalue weighted by Gasteiger charge is -2.21. The molecule has 0 atom stereocenters. The number of hydrogen-bond donors (Lipinski definition) is 1. The number of hydrogen-bond acceptors (Lipinski definition) is 6. The minimum absolute atomic E-state index is 0.0683. The van der Waals surface area contributed by atoms with E-state index in [0.29, 0.717) is 6.07 Å². The highest BCUT2D eigenvalue weighted by molar-refractivity contribution is 7.90. The Morgan fingerprint density at radius 3 is 1.75 bits per heavy atom. The van der Waals surface area contributed by atoms with Gasteiger partial charge in [-0.3, -0.25) is 4.55 Å². The molecule has 210 valence electrons. The first-order valence-corrected chi connectivity index (χ1v) is 14.3. The zero-order valence-corrected chi connectivity index (χ0v) is 21.6. The lowest BCUT2D eigenvalue weighted by Crippen LogP contribution is -2.17. The fourth-order valence-corrected chi connectivity index (χ4v) is 5.33. The van der Waals surface area contributed by atoms with Gasteiger partial charge in [0.25, 0.3) is 10.1 Å². The minimum atomic E-state index is -5.49. The third kappa shape index (κ3) is 5.85. The summed E-state index contributed by atoms with van der Waals surface area (Å²) in [6.45, 7) is 0. The van der Waals surface area contributed by atoms with Gasteiger partial charge in [0, 0.05) is 22.9 Å².